The number of terminal acetylenes is 1. The van der Waals surface area contributed by atoms with Gasteiger partial charge in [-0.2, -0.15) is 11.8 Å². The summed E-state index contributed by atoms with van der Waals surface area (Å²) >= 11 is 1.84. The van der Waals surface area contributed by atoms with Gasteiger partial charge in [0.2, 0.25) is 0 Å². The third-order valence-electron chi connectivity index (χ3n) is 2.05. The van der Waals surface area contributed by atoms with Crippen LogP contribution in [0.2, 0.25) is 0 Å². The van der Waals surface area contributed by atoms with Crippen molar-refractivity contribution in [3.8, 4) is 12.3 Å². The molecule has 0 radical (unpaired) electrons. The minimum atomic E-state index is -0.387. The standard InChI is InChI=1S/C9H14OS/c1-2-3-4-5-9(10)6-7-11-8-9/h1,10H,3-8H2. The highest BCUT2D eigenvalue weighted by atomic mass is 32.2. The summed E-state index contributed by atoms with van der Waals surface area (Å²) in [7, 11) is 0. The van der Waals surface area contributed by atoms with Crippen molar-refractivity contribution in [2.75, 3.05) is 11.5 Å². The lowest BCUT2D eigenvalue weighted by molar-refractivity contribution is 0.0573. The molecule has 1 N–H and O–H groups in total. The second-order valence-electron chi connectivity index (χ2n) is 3.08. The lowest BCUT2D eigenvalue weighted by Gasteiger charge is -2.19. The second kappa shape index (κ2) is 4.04. The van der Waals surface area contributed by atoms with Crippen LogP contribution < -0.4 is 0 Å². The van der Waals surface area contributed by atoms with E-state index in [0.29, 0.717) is 0 Å². The van der Waals surface area contributed by atoms with Crippen LogP contribution in [0.4, 0.5) is 0 Å². The molecule has 0 aliphatic carbocycles. The van der Waals surface area contributed by atoms with Crippen LogP contribution >= 0.6 is 11.8 Å². The molecular weight excluding hydrogens is 156 g/mol. The number of unbranched alkanes of at least 4 members (excludes halogenated alkanes) is 1. The zero-order chi connectivity index (χ0) is 8.16. The molecule has 1 aliphatic heterocycles. The van der Waals surface area contributed by atoms with Crippen molar-refractivity contribution in [1.82, 2.24) is 0 Å². The lowest BCUT2D eigenvalue weighted by atomic mass is 9.96. The van der Waals surface area contributed by atoms with Gasteiger partial charge in [-0.3, -0.25) is 0 Å². The first-order valence-corrected chi connectivity index (χ1v) is 5.16. The van der Waals surface area contributed by atoms with Crippen molar-refractivity contribution in [2.24, 2.45) is 0 Å². The molecule has 1 atom stereocenters. The highest BCUT2D eigenvalue weighted by molar-refractivity contribution is 7.99. The Kier molecular flexibility index (Phi) is 3.29. The molecule has 2 heteroatoms. The highest BCUT2D eigenvalue weighted by Gasteiger charge is 2.30. The fourth-order valence-electron chi connectivity index (χ4n) is 1.31. The Hall–Kier alpha value is -0.130. The Morgan fingerprint density at radius 2 is 2.45 bits per heavy atom. The zero-order valence-electron chi connectivity index (χ0n) is 6.68. The van der Waals surface area contributed by atoms with Crippen LogP contribution in [0, 0.1) is 12.3 Å². The lowest BCUT2D eigenvalue weighted by Crippen LogP contribution is -2.27. The molecule has 1 nitrogen and oxygen atoms in total. The normalized spacial score (nSPS) is 30.2. The number of rotatable bonds is 3. The molecule has 11 heavy (non-hydrogen) atoms. The van der Waals surface area contributed by atoms with Gasteiger partial charge >= 0.3 is 0 Å². The van der Waals surface area contributed by atoms with Crippen LogP contribution in [0.25, 0.3) is 0 Å². The van der Waals surface area contributed by atoms with Gasteiger partial charge in [0.25, 0.3) is 0 Å². The molecule has 0 saturated carbocycles. The van der Waals surface area contributed by atoms with E-state index in [0.717, 1.165) is 37.2 Å². The summed E-state index contributed by atoms with van der Waals surface area (Å²) in [4.78, 5) is 0. The van der Waals surface area contributed by atoms with Gasteiger partial charge in [0.1, 0.15) is 0 Å². The molecular formula is C9H14OS. The Labute approximate surface area is 72.6 Å². The SMILES string of the molecule is C#CCCCC1(O)CCSC1. The molecule has 1 rings (SSSR count). The van der Waals surface area contributed by atoms with Gasteiger partial charge in [0.05, 0.1) is 5.60 Å². The van der Waals surface area contributed by atoms with E-state index in [1.54, 1.807) is 0 Å². The zero-order valence-corrected chi connectivity index (χ0v) is 7.49. The fraction of sp³-hybridized carbons (Fsp3) is 0.778. The summed E-state index contributed by atoms with van der Waals surface area (Å²) in [5, 5.41) is 9.83. The molecule has 0 aromatic heterocycles. The largest absolute Gasteiger partial charge is 0.389 e. The van der Waals surface area contributed by atoms with Crippen molar-refractivity contribution in [3.05, 3.63) is 0 Å². The van der Waals surface area contributed by atoms with E-state index in [4.69, 9.17) is 6.42 Å². The van der Waals surface area contributed by atoms with E-state index in [-0.39, 0.29) is 5.60 Å². The van der Waals surface area contributed by atoms with Gasteiger partial charge in [-0.1, -0.05) is 0 Å². The number of hydrogen-bond donors (Lipinski definition) is 1. The molecule has 62 valence electrons. The van der Waals surface area contributed by atoms with Crippen molar-refractivity contribution in [3.63, 3.8) is 0 Å². The summed E-state index contributed by atoms with van der Waals surface area (Å²) < 4.78 is 0. The Balaban J connectivity index is 2.19. The summed E-state index contributed by atoms with van der Waals surface area (Å²) in [5.41, 5.74) is -0.387. The molecule has 1 unspecified atom stereocenters. The first-order valence-electron chi connectivity index (χ1n) is 4.00. The second-order valence-corrected chi connectivity index (χ2v) is 4.19. The van der Waals surface area contributed by atoms with Gasteiger partial charge < -0.3 is 5.11 Å². The van der Waals surface area contributed by atoms with E-state index in [2.05, 4.69) is 5.92 Å². The Morgan fingerprint density at radius 3 is 3.00 bits per heavy atom. The maximum Gasteiger partial charge on any atom is 0.0746 e. The summed E-state index contributed by atoms with van der Waals surface area (Å²) in [6.07, 6.45) is 8.71. The smallest absolute Gasteiger partial charge is 0.0746 e. The molecule has 0 aromatic rings. The van der Waals surface area contributed by atoms with E-state index in [1.165, 1.54) is 0 Å². The quantitative estimate of drug-likeness (QED) is 0.513. The number of aliphatic hydroxyl groups is 1. The van der Waals surface area contributed by atoms with Crippen LogP contribution in [0.15, 0.2) is 0 Å². The van der Waals surface area contributed by atoms with E-state index < -0.39 is 0 Å². The van der Waals surface area contributed by atoms with E-state index in [1.807, 2.05) is 11.8 Å². The molecule has 1 aliphatic rings. The van der Waals surface area contributed by atoms with Crippen molar-refractivity contribution >= 4 is 11.8 Å². The van der Waals surface area contributed by atoms with Gasteiger partial charge in [0.15, 0.2) is 0 Å². The molecule has 1 heterocycles. The van der Waals surface area contributed by atoms with E-state index in [9.17, 15) is 5.11 Å². The van der Waals surface area contributed by atoms with Crippen molar-refractivity contribution in [1.29, 1.82) is 0 Å². The van der Waals surface area contributed by atoms with Crippen LogP contribution in [-0.4, -0.2) is 22.2 Å². The monoisotopic (exact) mass is 170 g/mol. The van der Waals surface area contributed by atoms with Gasteiger partial charge in [0, 0.05) is 12.2 Å². The minimum Gasteiger partial charge on any atom is -0.389 e. The molecule has 0 spiro atoms. The maximum atomic E-state index is 9.83. The highest BCUT2D eigenvalue weighted by Crippen LogP contribution is 2.31. The van der Waals surface area contributed by atoms with E-state index >= 15 is 0 Å². The third kappa shape index (κ3) is 2.76. The summed E-state index contributed by atoms with van der Waals surface area (Å²) in [6.45, 7) is 0. The molecule has 1 saturated heterocycles. The maximum absolute atomic E-state index is 9.83. The molecule has 0 amide bonds. The molecule has 0 bridgehead atoms. The fourth-order valence-corrected chi connectivity index (χ4v) is 2.65. The first-order chi connectivity index (χ1) is 5.27. The van der Waals surface area contributed by atoms with Crippen molar-refractivity contribution < 1.29 is 5.11 Å². The van der Waals surface area contributed by atoms with Crippen LogP contribution in [0.3, 0.4) is 0 Å². The van der Waals surface area contributed by atoms with Crippen LogP contribution in [-0.2, 0) is 0 Å². The molecule has 0 aromatic carbocycles. The number of hydrogen-bond acceptors (Lipinski definition) is 2. The minimum absolute atomic E-state index is 0.387. The summed E-state index contributed by atoms with van der Waals surface area (Å²) in [6, 6.07) is 0. The predicted octanol–water partition coefficient (Wildman–Crippen LogP) is 1.66. The average molecular weight is 170 g/mol. The van der Waals surface area contributed by atoms with Gasteiger partial charge in [-0.25, -0.2) is 0 Å². The molecule has 1 fully saturated rings. The van der Waals surface area contributed by atoms with Crippen LogP contribution in [0.5, 0.6) is 0 Å². The first kappa shape index (κ1) is 8.96. The average Bonchev–Trinajstić information content (AvgIpc) is 2.38. The Morgan fingerprint density at radius 1 is 1.64 bits per heavy atom. The van der Waals surface area contributed by atoms with Gasteiger partial charge in [-0.05, 0) is 25.0 Å². The third-order valence-corrected chi connectivity index (χ3v) is 3.28. The number of thioether (sulfide) groups is 1. The summed E-state index contributed by atoms with van der Waals surface area (Å²) in [5.74, 6) is 4.60. The predicted molar refractivity (Wildman–Crippen MR) is 49.6 cm³/mol. The van der Waals surface area contributed by atoms with Crippen LogP contribution in [0.1, 0.15) is 25.7 Å². The van der Waals surface area contributed by atoms with Gasteiger partial charge in [-0.15, -0.1) is 12.3 Å². The van der Waals surface area contributed by atoms with Crippen molar-refractivity contribution in [2.45, 2.75) is 31.3 Å². The topological polar surface area (TPSA) is 20.2 Å². The Bertz CT molecular complexity index is 153.